The van der Waals surface area contributed by atoms with Crippen molar-refractivity contribution >= 4 is 76.5 Å². The van der Waals surface area contributed by atoms with Crippen LogP contribution < -0.4 is 9.64 Å². The van der Waals surface area contributed by atoms with Gasteiger partial charge in [-0.15, -0.1) is 35.7 Å². The molecule has 8 aromatic carbocycles. The van der Waals surface area contributed by atoms with Gasteiger partial charge in [0.1, 0.15) is 5.82 Å². The van der Waals surface area contributed by atoms with Crippen LogP contribution in [0.5, 0.6) is 11.5 Å². The van der Waals surface area contributed by atoms with Gasteiger partial charge in [0.25, 0.3) is 0 Å². The molecule has 6 heteroatoms. The summed E-state index contributed by atoms with van der Waals surface area (Å²) >= 11 is 0. The molecule has 1 aliphatic rings. The molecule has 0 unspecified atom stereocenters. The van der Waals surface area contributed by atoms with Crippen molar-refractivity contribution in [2.24, 2.45) is 5.41 Å². The number of ether oxygens (including phenoxy) is 1. The van der Waals surface area contributed by atoms with Crippen LogP contribution in [0.15, 0.2) is 170 Å². The van der Waals surface area contributed by atoms with Gasteiger partial charge < -0.3 is 18.8 Å². The number of fused-ring (bicyclic) bond motifs is 10. The maximum atomic E-state index is 9.91. The predicted molar refractivity (Wildman–Crippen MR) is 321 cm³/mol. The van der Waals surface area contributed by atoms with E-state index in [1.54, 1.807) is 0 Å². The summed E-state index contributed by atoms with van der Waals surface area (Å²) in [6, 6.07) is 59.6. The monoisotopic (exact) mass is 1200 g/mol. The number of aromatic nitrogens is 3. The van der Waals surface area contributed by atoms with Gasteiger partial charge in [-0.05, 0) is 141 Å². The Morgan fingerprint density at radius 2 is 1.18 bits per heavy atom. The smallest absolute Gasteiger partial charge is 0.135 e. The minimum Gasteiger partial charge on any atom is -0.509 e. The van der Waals surface area contributed by atoms with Gasteiger partial charge in [-0.25, -0.2) is 4.98 Å². The molecular formula is C71H67N4OPt-3. The fraction of sp³-hybridized carbons (Fsp3) is 0.239. The molecule has 390 valence electrons. The Morgan fingerprint density at radius 1 is 0.558 bits per heavy atom. The summed E-state index contributed by atoms with van der Waals surface area (Å²) in [5, 5.41) is 6.54. The first-order valence-electron chi connectivity index (χ1n) is 31.4. The number of para-hydroxylation sites is 3. The van der Waals surface area contributed by atoms with E-state index in [0.717, 1.165) is 65.9 Å². The van der Waals surface area contributed by atoms with E-state index in [-0.39, 0.29) is 32.0 Å². The van der Waals surface area contributed by atoms with Crippen LogP contribution in [0.3, 0.4) is 0 Å². The molecule has 0 spiro atoms. The number of benzene rings is 8. The fourth-order valence-corrected chi connectivity index (χ4v) is 10.9. The largest absolute Gasteiger partial charge is 0.509 e. The fourth-order valence-electron chi connectivity index (χ4n) is 10.9. The first-order valence-corrected chi connectivity index (χ1v) is 25.9. The second kappa shape index (κ2) is 19.0. The van der Waals surface area contributed by atoms with Gasteiger partial charge in [0.2, 0.25) is 0 Å². The average molecular weight is 1200 g/mol. The summed E-state index contributed by atoms with van der Waals surface area (Å²) in [4.78, 5) is 6.89. The zero-order valence-electron chi connectivity index (χ0n) is 55.8. The number of rotatable bonds is 6. The SMILES string of the molecule is [2H]C([2H])([2H])C(c1cc(-c2cccc3c4ccccc4c4c(C([2H])([2H])C(C)(C)C)cccc4c4cccc5c4n(c23)[CH-]N5c2[c-]c(Oc3[c-]c4c(cc3)c3ccccc3n4-c3cc(C(C)(C)C)ccn3)ccc2)cc(C(C)(C)C)c1)(C([2H])([2H])[2H])C([2H])([2H])[2H].[Pt]. The van der Waals surface area contributed by atoms with Gasteiger partial charge in [-0.3, -0.25) is 0 Å². The van der Waals surface area contributed by atoms with Crippen molar-refractivity contribution in [3.63, 3.8) is 0 Å². The van der Waals surface area contributed by atoms with Crippen LogP contribution in [0.2, 0.25) is 0 Å². The molecule has 0 bridgehead atoms. The van der Waals surface area contributed by atoms with E-state index in [9.17, 15) is 2.74 Å². The van der Waals surface area contributed by atoms with Gasteiger partial charge in [0, 0.05) is 65.0 Å². The Labute approximate surface area is 484 Å². The van der Waals surface area contributed by atoms with Crippen LogP contribution in [-0.2, 0) is 43.7 Å². The summed E-state index contributed by atoms with van der Waals surface area (Å²) in [6.07, 6.45) is -0.00702. The van der Waals surface area contributed by atoms with Crippen molar-refractivity contribution in [3.05, 3.63) is 211 Å². The second-order valence-electron chi connectivity index (χ2n) is 23.3. The number of nitrogens with zero attached hydrogens (tertiary/aromatic N) is 4. The van der Waals surface area contributed by atoms with Crippen LogP contribution in [0.25, 0.3) is 82.1 Å². The first-order chi connectivity index (χ1) is 40.7. The molecule has 0 aliphatic carbocycles. The van der Waals surface area contributed by atoms with Crippen molar-refractivity contribution in [1.29, 1.82) is 0 Å². The average Bonchev–Trinajstić information content (AvgIpc) is 1.02. The Kier molecular flexibility index (Phi) is 9.86. The molecular weight excluding hydrogens is 1120 g/mol. The Morgan fingerprint density at radius 3 is 1.92 bits per heavy atom. The Balaban J connectivity index is 0.00000800. The molecule has 1 aliphatic heterocycles. The zero-order chi connectivity index (χ0) is 62.3. The van der Waals surface area contributed by atoms with Crippen LogP contribution in [0.4, 0.5) is 11.4 Å². The molecule has 0 amide bonds. The van der Waals surface area contributed by atoms with Crippen LogP contribution >= 0.6 is 0 Å². The van der Waals surface area contributed by atoms with Crippen molar-refractivity contribution in [3.8, 4) is 28.4 Å². The predicted octanol–water partition coefficient (Wildman–Crippen LogP) is 19.4. The van der Waals surface area contributed by atoms with E-state index in [0.29, 0.717) is 55.7 Å². The summed E-state index contributed by atoms with van der Waals surface area (Å²) in [6.45, 7) is 9.42. The van der Waals surface area contributed by atoms with Gasteiger partial charge in [-0.1, -0.05) is 203 Å². The maximum absolute atomic E-state index is 9.91. The minimum atomic E-state index is -3.52. The molecule has 77 heavy (non-hydrogen) atoms. The standard InChI is InChI=1S/C71H67N4O.Pt/c1-68(2,3)43-45-21-17-28-58-60-30-20-32-62-67(60)74(66-53(27-19-29-59(66)54-24-13-14-26-57(54)65(45)58)46-37-48(70(7,8)9)39-49(38-46)71(10,11)12)44-73(62)50-22-18-23-51(41-50)76-52-33-34-56-55-25-15-16-31-61(55)75(63(56)42-52)64-40-47(35-36-72-64)69(4,5)6;/h13-40,44H,43H2,1-12H3;/q-3;/i7D3,8D3,9D3,43D2;. The molecule has 4 heterocycles. The second-order valence-corrected chi connectivity index (χ2v) is 23.3. The Hall–Kier alpha value is -7.33. The van der Waals surface area contributed by atoms with Crippen molar-refractivity contribution in [2.45, 2.75) is 105 Å². The van der Waals surface area contributed by atoms with Crippen molar-refractivity contribution in [1.82, 2.24) is 14.1 Å². The molecule has 3 aromatic heterocycles. The summed E-state index contributed by atoms with van der Waals surface area (Å²) in [5.41, 5.74) is 2.24. The zero-order valence-corrected chi connectivity index (χ0v) is 47.0. The van der Waals surface area contributed by atoms with E-state index < -0.39 is 43.2 Å². The summed E-state index contributed by atoms with van der Waals surface area (Å²) in [7, 11) is 0. The maximum Gasteiger partial charge on any atom is 0.135 e. The molecule has 0 saturated carbocycles. The van der Waals surface area contributed by atoms with Crippen LogP contribution in [-0.4, -0.2) is 14.1 Å². The third-order valence-electron chi connectivity index (χ3n) is 14.5. The summed E-state index contributed by atoms with van der Waals surface area (Å²) in [5.74, 6) is 1.63. The molecule has 12 rings (SSSR count). The van der Waals surface area contributed by atoms with Crippen LogP contribution in [0.1, 0.15) is 120 Å². The minimum absolute atomic E-state index is 0. The van der Waals surface area contributed by atoms with Gasteiger partial charge in [0.15, 0.2) is 0 Å². The van der Waals surface area contributed by atoms with Gasteiger partial charge in [-0.2, -0.15) is 12.1 Å². The topological polar surface area (TPSA) is 35.2 Å². The molecule has 0 saturated heterocycles. The molecule has 0 fully saturated rings. The van der Waals surface area contributed by atoms with Crippen molar-refractivity contribution in [2.75, 3.05) is 4.90 Å². The van der Waals surface area contributed by atoms with Crippen molar-refractivity contribution < 1.29 is 40.9 Å². The molecule has 0 radical (unpaired) electrons. The first kappa shape index (κ1) is 40.0. The molecule has 11 aromatic rings. The van der Waals surface area contributed by atoms with E-state index in [1.165, 1.54) is 12.1 Å². The van der Waals surface area contributed by atoms with E-state index in [4.69, 9.17) is 22.1 Å². The van der Waals surface area contributed by atoms with Crippen LogP contribution in [0, 0.1) is 24.2 Å². The number of pyridine rings is 1. The molecule has 0 atom stereocenters. The number of anilines is 2. The third kappa shape index (κ3) is 9.35. The van der Waals surface area contributed by atoms with E-state index in [2.05, 4.69) is 60.2 Å². The quantitative estimate of drug-likeness (QED) is 0.156. The summed E-state index contributed by atoms with van der Waals surface area (Å²) < 4.78 is 111. The Bertz CT molecular complexity index is 4630. The normalized spacial score (nSPS) is 15.8. The van der Waals surface area contributed by atoms with E-state index >= 15 is 0 Å². The van der Waals surface area contributed by atoms with Gasteiger partial charge in [0.05, 0.1) is 0 Å². The number of hydrogen-bond acceptors (Lipinski definition) is 3. The molecule has 0 N–H and O–H groups in total. The van der Waals surface area contributed by atoms with Gasteiger partial charge >= 0.3 is 0 Å². The van der Waals surface area contributed by atoms with E-state index in [1.807, 2.05) is 193 Å². The third-order valence-corrected chi connectivity index (χ3v) is 14.5. The molecule has 5 nitrogen and oxygen atoms in total. The number of hydrogen-bond donors (Lipinski definition) is 0.